The molecule has 1 rings (SSSR count). The van der Waals surface area contributed by atoms with Gasteiger partial charge in [0.05, 0.1) is 0 Å². The predicted molar refractivity (Wildman–Crippen MR) is 68.4 cm³/mol. The number of rotatable bonds is 6. The van der Waals surface area contributed by atoms with Gasteiger partial charge in [0.15, 0.2) is 0 Å². The van der Waals surface area contributed by atoms with Gasteiger partial charge in [0.1, 0.15) is 11.6 Å². The molecule has 1 aromatic heterocycles. The summed E-state index contributed by atoms with van der Waals surface area (Å²) in [5, 5.41) is 7.78. The van der Waals surface area contributed by atoms with Crippen molar-refractivity contribution in [3.8, 4) is 0 Å². The minimum absolute atomic E-state index is 0.0205. The largest absolute Gasteiger partial charge is 0.451 e. The quantitative estimate of drug-likeness (QED) is 0.740. The predicted octanol–water partition coefficient (Wildman–Crippen LogP) is 1.48. The summed E-state index contributed by atoms with van der Waals surface area (Å²) in [5.41, 5.74) is 0. The molecule has 0 atom stereocenters. The van der Waals surface area contributed by atoms with Gasteiger partial charge in [-0.3, -0.25) is 4.79 Å². The molecular formula is C11H16F3N5O. The van der Waals surface area contributed by atoms with E-state index in [-0.39, 0.29) is 30.5 Å². The third-order valence-corrected chi connectivity index (χ3v) is 2.27. The lowest BCUT2D eigenvalue weighted by atomic mass is 10.4. The first-order chi connectivity index (χ1) is 9.36. The van der Waals surface area contributed by atoms with Crippen LogP contribution in [0.5, 0.6) is 0 Å². The van der Waals surface area contributed by atoms with E-state index in [0.29, 0.717) is 6.54 Å². The monoisotopic (exact) mass is 291 g/mol. The molecule has 1 heterocycles. The molecule has 6 nitrogen and oxygen atoms in total. The van der Waals surface area contributed by atoms with Gasteiger partial charge in [-0.1, -0.05) is 0 Å². The van der Waals surface area contributed by atoms with E-state index in [2.05, 4.69) is 25.9 Å². The Balaban J connectivity index is 2.83. The van der Waals surface area contributed by atoms with Crippen LogP contribution < -0.4 is 16.0 Å². The van der Waals surface area contributed by atoms with Crippen LogP contribution in [-0.2, 0) is 11.0 Å². The van der Waals surface area contributed by atoms with Gasteiger partial charge in [-0.25, -0.2) is 9.97 Å². The average Bonchev–Trinajstić information content (AvgIpc) is 2.37. The molecule has 0 saturated heterocycles. The lowest BCUT2D eigenvalue weighted by molar-refractivity contribution is -0.144. The molecule has 0 unspecified atom stereocenters. The SMILES string of the molecule is CCNc1cc(NCCC(=O)NC)nc(C(F)(F)F)n1. The zero-order valence-electron chi connectivity index (χ0n) is 11.1. The molecule has 0 saturated carbocycles. The minimum Gasteiger partial charge on any atom is -0.370 e. The Labute approximate surface area is 114 Å². The lowest BCUT2D eigenvalue weighted by Crippen LogP contribution is -2.21. The zero-order chi connectivity index (χ0) is 15.2. The number of carbonyl (C=O) groups excluding carboxylic acids is 1. The molecule has 112 valence electrons. The van der Waals surface area contributed by atoms with Crippen LogP contribution in [0.3, 0.4) is 0 Å². The van der Waals surface area contributed by atoms with Crippen LogP contribution in [0.4, 0.5) is 24.8 Å². The topological polar surface area (TPSA) is 78.9 Å². The second kappa shape index (κ2) is 6.92. The molecule has 1 aromatic rings. The number of hydrogen-bond acceptors (Lipinski definition) is 5. The summed E-state index contributed by atoms with van der Waals surface area (Å²) < 4.78 is 37.9. The molecule has 0 aliphatic rings. The van der Waals surface area contributed by atoms with Gasteiger partial charge >= 0.3 is 6.18 Å². The normalized spacial score (nSPS) is 11.1. The second-order valence-corrected chi connectivity index (χ2v) is 3.84. The molecule has 20 heavy (non-hydrogen) atoms. The Morgan fingerprint density at radius 1 is 1.25 bits per heavy atom. The molecule has 9 heteroatoms. The molecule has 0 aliphatic heterocycles. The highest BCUT2D eigenvalue weighted by Crippen LogP contribution is 2.28. The van der Waals surface area contributed by atoms with Crippen LogP contribution in [0.1, 0.15) is 19.2 Å². The van der Waals surface area contributed by atoms with Crippen molar-refractivity contribution in [1.82, 2.24) is 15.3 Å². The zero-order valence-corrected chi connectivity index (χ0v) is 11.1. The maximum atomic E-state index is 12.6. The number of aromatic nitrogens is 2. The average molecular weight is 291 g/mol. The highest BCUT2D eigenvalue weighted by Gasteiger charge is 2.35. The summed E-state index contributed by atoms with van der Waals surface area (Å²) >= 11 is 0. The molecule has 0 fully saturated rings. The van der Waals surface area contributed by atoms with Gasteiger partial charge in [0.25, 0.3) is 0 Å². The number of hydrogen-bond donors (Lipinski definition) is 3. The van der Waals surface area contributed by atoms with Crippen molar-refractivity contribution in [2.75, 3.05) is 30.8 Å². The van der Waals surface area contributed by atoms with E-state index in [9.17, 15) is 18.0 Å². The van der Waals surface area contributed by atoms with E-state index in [1.54, 1.807) is 6.92 Å². The highest BCUT2D eigenvalue weighted by atomic mass is 19.4. The number of carbonyl (C=O) groups is 1. The molecule has 0 radical (unpaired) electrons. The smallest absolute Gasteiger partial charge is 0.370 e. The van der Waals surface area contributed by atoms with Gasteiger partial charge in [0, 0.05) is 32.6 Å². The standard InChI is InChI=1S/C11H16F3N5O/c1-3-16-7-6-8(17-5-4-9(20)15-2)19-10(18-7)11(12,13)14/h6H,3-5H2,1-2H3,(H,15,20)(H2,16,17,18,19). The van der Waals surface area contributed by atoms with Crippen LogP contribution >= 0.6 is 0 Å². The maximum Gasteiger partial charge on any atom is 0.451 e. The van der Waals surface area contributed by atoms with E-state index in [0.717, 1.165) is 0 Å². The van der Waals surface area contributed by atoms with Gasteiger partial charge < -0.3 is 16.0 Å². The lowest BCUT2D eigenvalue weighted by Gasteiger charge is -2.12. The van der Waals surface area contributed by atoms with E-state index >= 15 is 0 Å². The van der Waals surface area contributed by atoms with Gasteiger partial charge in [-0.15, -0.1) is 0 Å². The van der Waals surface area contributed by atoms with Crippen molar-refractivity contribution >= 4 is 17.5 Å². The van der Waals surface area contributed by atoms with Crippen molar-refractivity contribution in [1.29, 1.82) is 0 Å². The number of alkyl halides is 3. The van der Waals surface area contributed by atoms with Crippen LogP contribution in [0, 0.1) is 0 Å². The number of halogens is 3. The summed E-state index contributed by atoms with van der Waals surface area (Å²) in [4.78, 5) is 17.8. The fraction of sp³-hybridized carbons (Fsp3) is 0.545. The Hall–Kier alpha value is -2.06. The number of nitrogens with one attached hydrogen (secondary N) is 3. The van der Waals surface area contributed by atoms with Crippen molar-refractivity contribution < 1.29 is 18.0 Å². The van der Waals surface area contributed by atoms with Crippen molar-refractivity contribution in [2.24, 2.45) is 0 Å². The Bertz CT molecular complexity index is 464. The van der Waals surface area contributed by atoms with Gasteiger partial charge in [-0.2, -0.15) is 13.2 Å². The van der Waals surface area contributed by atoms with Crippen LogP contribution in [0.2, 0.25) is 0 Å². The van der Waals surface area contributed by atoms with E-state index < -0.39 is 12.0 Å². The first-order valence-electron chi connectivity index (χ1n) is 6.01. The molecule has 1 amide bonds. The molecule has 3 N–H and O–H groups in total. The summed E-state index contributed by atoms with van der Waals surface area (Å²) in [6.07, 6.45) is -4.49. The maximum absolute atomic E-state index is 12.6. The van der Waals surface area contributed by atoms with Gasteiger partial charge in [0.2, 0.25) is 11.7 Å². The van der Waals surface area contributed by atoms with Crippen LogP contribution in [-0.4, -0.2) is 36.0 Å². The second-order valence-electron chi connectivity index (χ2n) is 3.84. The van der Waals surface area contributed by atoms with Crippen molar-refractivity contribution in [2.45, 2.75) is 19.5 Å². The Kier molecular flexibility index (Phi) is 5.53. The molecule has 0 aliphatic carbocycles. The number of anilines is 2. The third-order valence-electron chi connectivity index (χ3n) is 2.27. The van der Waals surface area contributed by atoms with Crippen molar-refractivity contribution in [3.63, 3.8) is 0 Å². The first-order valence-corrected chi connectivity index (χ1v) is 6.01. The summed E-state index contributed by atoms with van der Waals surface area (Å²) in [6.45, 7) is 2.36. The first kappa shape index (κ1) is 16.0. The number of nitrogens with zero attached hydrogens (tertiary/aromatic N) is 2. The van der Waals surface area contributed by atoms with Crippen LogP contribution in [0.25, 0.3) is 0 Å². The minimum atomic E-state index is -4.62. The van der Waals surface area contributed by atoms with E-state index in [1.807, 2.05) is 0 Å². The Morgan fingerprint density at radius 2 is 1.85 bits per heavy atom. The fourth-order valence-corrected chi connectivity index (χ4v) is 1.37. The summed E-state index contributed by atoms with van der Waals surface area (Å²) in [7, 11) is 1.48. The molecule has 0 aromatic carbocycles. The molecule has 0 bridgehead atoms. The molecular weight excluding hydrogens is 275 g/mol. The molecule has 0 spiro atoms. The van der Waals surface area contributed by atoms with Gasteiger partial charge in [-0.05, 0) is 6.92 Å². The van der Waals surface area contributed by atoms with E-state index in [4.69, 9.17) is 0 Å². The number of amides is 1. The summed E-state index contributed by atoms with van der Waals surface area (Å²) in [6, 6.07) is 1.36. The highest BCUT2D eigenvalue weighted by molar-refractivity contribution is 5.76. The third kappa shape index (κ3) is 4.90. The fourth-order valence-electron chi connectivity index (χ4n) is 1.37. The van der Waals surface area contributed by atoms with Crippen LogP contribution in [0.15, 0.2) is 6.07 Å². The Morgan fingerprint density at radius 3 is 2.35 bits per heavy atom. The summed E-state index contributed by atoms with van der Waals surface area (Å²) in [5.74, 6) is -1.34. The van der Waals surface area contributed by atoms with E-state index in [1.165, 1.54) is 13.1 Å². The van der Waals surface area contributed by atoms with Crippen molar-refractivity contribution in [3.05, 3.63) is 11.9 Å².